The second-order valence-electron chi connectivity index (χ2n) is 4.10. The number of carbonyl (C=O) groups excluding carboxylic acids is 1. The first kappa shape index (κ1) is 14.9. The van der Waals surface area contributed by atoms with E-state index in [0.29, 0.717) is 18.8 Å². The number of pyridine rings is 1. The fourth-order valence-corrected chi connectivity index (χ4v) is 1.55. The van der Waals surface area contributed by atoms with Crippen LogP contribution in [0.3, 0.4) is 0 Å². The van der Waals surface area contributed by atoms with Gasteiger partial charge in [-0.05, 0) is 25.5 Å². The summed E-state index contributed by atoms with van der Waals surface area (Å²) in [5.41, 5.74) is 0.446. The Kier molecular flexibility index (Phi) is 5.78. The number of carboxylic acid groups (broad SMARTS) is 1. The average Bonchev–Trinajstić information content (AvgIpc) is 2.40. The maximum Gasteiger partial charge on any atom is 0.354 e. The van der Waals surface area contributed by atoms with Crippen molar-refractivity contribution in [3.63, 3.8) is 0 Å². The van der Waals surface area contributed by atoms with E-state index in [-0.39, 0.29) is 11.7 Å². The average molecular weight is 265 g/mol. The van der Waals surface area contributed by atoms with Crippen LogP contribution in [0, 0.1) is 0 Å². The number of hydrogen-bond acceptors (Lipinski definition) is 3. The highest BCUT2D eigenvalue weighted by Gasteiger charge is 2.11. The Balaban J connectivity index is 2.62. The second-order valence-corrected chi connectivity index (χ2v) is 4.10. The van der Waals surface area contributed by atoms with Crippen LogP contribution in [0.15, 0.2) is 18.3 Å². The quantitative estimate of drug-likeness (QED) is 0.827. The van der Waals surface area contributed by atoms with E-state index in [9.17, 15) is 9.59 Å². The van der Waals surface area contributed by atoms with E-state index in [1.54, 1.807) is 4.90 Å². The molecule has 0 saturated carbocycles. The molecule has 6 nitrogen and oxygen atoms in total. The molecule has 0 spiro atoms. The maximum atomic E-state index is 11.9. The summed E-state index contributed by atoms with van der Waals surface area (Å²) >= 11 is 0. The van der Waals surface area contributed by atoms with Gasteiger partial charge >= 0.3 is 12.0 Å². The summed E-state index contributed by atoms with van der Waals surface area (Å²) in [6.07, 6.45) is 3.32. The standard InChI is InChI=1S/C13H19N3O3/c1-3-5-8-16(4-2)13(19)15-10-6-7-11(12(17)18)14-9-10/h6-7,9H,3-5,8H2,1-2H3,(H,15,19)(H,17,18). The van der Waals surface area contributed by atoms with Crippen LogP contribution in [-0.4, -0.2) is 40.1 Å². The minimum Gasteiger partial charge on any atom is -0.477 e. The summed E-state index contributed by atoms with van der Waals surface area (Å²) in [5.74, 6) is -1.09. The lowest BCUT2D eigenvalue weighted by molar-refractivity contribution is 0.0690. The molecule has 0 unspecified atom stereocenters. The zero-order valence-electron chi connectivity index (χ0n) is 11.2. The van der Waals surface area contributed by atoms with Crippen molar-refractivity contribution >= 4 is 17.7 Å². The summed E-state index contributed by atoms with van der Waals surface area (Å²) in [4.78, 5) is 28.0. The van der Waals surface area contributed by atoms with Crippen molar-refractivity contribution in [2.75, 3.05) is 18.4 Å². The molecule has 0 radical (unpaired) electrons. The summed E-state index contributed by atoms with van der Waals surface area (Å²) in [7, 11) is 0. The molecule has 0 aliphatic carbocycles. The lowest BCUT2D eigenvalue weighted by Crippen LogP contribution is -2.35. The maximum absolute atomic E-state index is 11.9. The van der Waals surface area contributed by atoms with Gasteiger partial charge in [-0.1, -0.05) is 13.3 Å². The predicted molar refractivity (Wildman–Crippen MR) is 72.4 cm³/mol. The monoisotopic (exact) mass is 265 g/mol. The molecule has 0 aliphatic heterocycles. The first-order valence-corrected chi connectivity index (χ1v) is 6.33. The van der Waals surface area contributed by atoms with E-state index >= 15 is 0 Å². The number of nitrogens with one attached hydrogen (secondary N) is 1. The van der Waals surface area contributed by atoms with Crippen LogP contribution < -0.4 is 5.32 Å². The molecular weight excluding hydrogens is 246 g/mol. The van der Waals surface area contributed by atoms with Gasteiger partial charge in [0.05, 0.1) is 11.9 Å². The molecule has 6 heteroatoms. The molecular formula is C13H19N3O3. The van der Waals surface area contributed by atoms with Gasteiger partial charge in [0.25, 0.3) is 0 Å². The lowest BCUT2D eigenvalue weighted by atomic mass is 10.3. The Hall–Kier alpha value is -2.11. The largest absolute Gasteiger partial charge is 0.477 e. The molecule has 2 N–H and O–H groups in total. The van der Waals surface area contributed by atoms with Crippen molar-refractivity contribution in [2.24, 2.45) is 0 Å². The van der Waals surface area contributed by atoms with Crippen molar-refractivity contribution in [1.82, 2.24) is 9.88 Å². The molecule has 0 aromatic carbocycles. The molecule has 1 rings (SSSR count). The SMILES string of the molecule is CCCCN(CC)C(=O)Nc1ccc(C(=O)O)nc1. The van der Waals surface area contributed by atoms with Gasteiger partial charge in [-0.2, -0.15) is 0 Å². The van der Waals surface area contributed by atoms with Gasteiger partial charge in [0.1, 0.15) is 5.69 Å². The van der Waals surface area contributed by atoms with E-state index in [1.165, 1.54) is 18.3 Å². The zero-order chi connectivity index (χ0) is 14.3. The highest BCUT2D eigenvalue weighted by molar-refractivity contribution is 5.90. The Labute approximate surface area is 112 Å². The van der Waals surface area contributed by atoms with Crippen LogP contribution in [0.5, 0.6) is 0 Å². The van der Waals surface area contributed by atoms with Gasteiger partial charge in [0, 0.05) is 13.1 Å². The van der Waals surface area contributed by atoms with Crippen molar-refractivity contribution in [2.45, 2.75) is 26.7 Å². The molecule has 0 fully saturated rings. The highest BCUT2D eigenvalue weighted by Crippen LogP contribution is 2.08. The van der Waals surface area contributed by atoms with E-state index in [0.717, 1.165) is 12.8 Å². The molecule has 104 valence electrons. The Bertz CT molecular complexity index is 431. The van der Waals surface area contributed by atoms with Gasteiger partial charge in [0.2, 0.25) is 0 Å². The van der Waals surface area contributed by atoms with E-state index < -0.39 is 5.97 Å². The van der Waals surface area contributed by atoms with Gasteiger partial charge in [-0.15, -0.1) is 0 Å². The first-order chi connectivity index (χ1) is 9.08. The van der Waals surface area contributed by atoms with Crippen molar-refractivity contribution in [1.29, 1.82) is 0 Å². The summed E-state index contributed by atoms with van der Waals surface area (Å²) in [5, 5.41) is 11.4. The molecule has 0 bridgehead atoms. The first-order valence-electron chi connectivity index (χ1n) is 6.33. The fourth-order valence-electron chi connectivity index (χ4n) is 1.55. The fraction of sp³-hybridized carbons (Fsp3) is 0.462. The Morgan fingerprint density at radius 3 is 2.58 bits per heavy atom. The van der Waals surface area contributed by atoms with Gasteiger partial charge in [0.15, 0.2) is 0 Å². The summed E-state index contributed by atoms with van der Waals surface area (Å²) in [6.45, 7) is 5.33. The number of carboxylic acids is 1. The third-order valence-electron chi connectivity index (χ3n) is 2.68. The minimum atomic E-state index is -1.09. The van der Waals surface area contributed by atoms with E-state index in [1.807, 2.05) is 6.92 Å². The van der Waals surface area contributed by atoms with Crippen LogP contribution >= 0.6 is 0 Å². The minimum absolute atomic E-state index is 0.0451. The molecule has 1 heterocycles. The number of nitrogens with zero attached hydrogens (tertiary/aromatic N) is 2. The molecule has 0 aliphatic rings. The van der Waals surface area contributed by atoms with Crippen molar-refractivity contribution in [3.8, 4) is 0 Å². The molecule has 0 saturated heterocycles. The lowest BCUT2D eigenvalue weighted by Gasteiger charge is -2.20. The van der Waals surface area contributed by atoms with E-state index in [2.05, 4.69) is 17.2 Å². The van der Waals surface area contributed by atoms with Crippen LogP contribution in [0.1, 0.15) is 37.2 Å². The normalized spacial score (nSPS) is 10.0. The number of hydrogen-bond donors (Lipinski definition) is 2. The molecule has 1 aromatic heterocycles. The van der Waals surface area contributed by atoms with Gasteiger partial charge < -0.3 is 15.3 Å². The number of rotatable bonds is 6. The number of urea groups is 1. The number of carbonyl (C=O) groups is 2. The number of anilines is 1. The number of aromatic nitrogens is 1. The van der Waals surface area contributed by atoms with E-state index in [4.69, 9.17) is 5.11 Å². The number of amides is 2. The Morgan fingerprint density at radius 1 is 1.37 bits per heavy atom. The van der Waals surface area contributed by atoms with Gasteiger partial charge in [-0.3, -0.25) is 0 Å². The van der Waals surface area contributed by atoms with Gasteiger partial charge in [-0.25, -0.2) is 14.6 Å². The van der Waals surface area contributed by atoms with Crippen LogP contribution in [0.4, 0.5) is 10.5 Å². The summed E-state index contributed by atoms with van der Waals surface area (Å²) < 4.78 is 0. The van der Waals surface area contributed by atoms with Crippen molar-refractivity contribution < 1.29 is 14.7 Å². The topological polar surface area (TPSA) is 82.5 Å². The number of aromatic carboxylic acids is 1. The smallest absolute Gasteiger partial charge is 0.354 e. The highest BCUT2D eigenvalue weighted by atomic mass is 16.4. The predicted octanol–water partition coefficient (Wildman–Crippen LogP) is 2.43. The molecule has 1 aromatic rings. The van der Waals surface area contributed by atoms with Crippen LogP contribution in [0.2, 0.25) is 0 Å². The summed E-state index contributed by atoms with van der Waals surface area (Å²) in [6, 6.07) is 2.70. The number of unbranched alkanes of at least 4 members (excludes halogenated alkanes) is 1. The third kappa shape index (κ3) is 4.57. The molecule has 2 amide bonds. The van der Waals surface area contributed by atoms with Crippen LogP contribution in [-0.2, 0) is 0 Å². The molecule has 0 atom stereocenters. The Morgan fingerprint density at radius 2 is 2.11 bits per heavy atom. The van der Waals surface area contributed by atoms with Crippen molar-refractivity contribution in [3.05, 3.63) is 24.0 Å². The third-order valence-corrected chi connectivity index (χ3v) is 2.68. The molecule has 19 heavy (non-hydrogen) atoms. The second kappa shape index (κ2) is 7.35. The zero-order valence-corrected chi connectivity index (χ0v) is 11.2. The van der Waals surface area contributed by atoms with Crippen LogP contribution in [0.25, 0.3) is 0 Å².